The molecule has 0 spiro atoms. The average molecular weight is 250 g/mol. The number of allylic oxidation sites excluding steroid dienone is 2. The minimum absolute atomic E-state index is 0.0354. The van der Waals surface area contributed by atoms with Crippen molar-refractivity contribution in [3.05, 3.63) is 12.2 Å². The third-order valence-electron chi connectivity index (χ3n) is 4.56. The molecule has 100 valence electrons. The van der Waals surface area contributed by atoms with Crippen LogP contribution in [0.2, 0.25) is 0 Å². The van der Waals surface area contributed by atoms with Crippen LogP contribution in [0.15, 0.2) is 12.2 Å². The van der Waals surface area contributed by atoms with E-state index in [0.717, 1.165) is 32.3 Å². The van der Waals surface area contributed by atoms with Gasteiger partial charge in [0.1, 0.15) is 0 Å². The van der Waals surface area contributed by atoms with E-state index in [2.05, 4.69) is 17.5 Å². The minimum Gasteiger partial charge on any atom is -0.376 e. The summed E-state index contributed by atoms with van der Waals surface area (Å²) in [5.74, 6) is 0.999. The summed E-state index contributed by atoms with van der Waals surface area (Å²) < 4.78 is 5.72. The van der Waals surface area contributed by atoms with Gasteiger partial charge in [-0.25, -0.2) is 0 Å². The third kappa shape index (κ3) is 2.19. The molecule has 0 aromatic heterocycles. The summed E-state index contributed by atoms with van der Waals surface area (Å²) in [6.07, 6.45) is 9.52. The molecule has 4 nitrogen and oxygen atoms in total. The zero-order chi connectivity index (χ0) is 12.5. The quantitative estimate of drug-likeness (QED) is 0.733. The smallest absolute Gasteiger partial charge is 0.220 e. The third-order valence-corrected chi connectivity index (χ3v) is 4.56. The Morgan fingerprint density at radius 3 is 3.11 bits per heavy atom. The largest absolute Gasteiger partial charge is 0.376 e. The number of hydrogen-bond acceptors (Lipinski definition) is 3. The van der Waals surface area contributed by atoms with E-state index < -0.39 is 0 Å². The van der Waals surface area contributed by atoms with Gasteiger partial charge < -0.3 is 15.8 Å². The lowest BCUT2D eigenvalue weighted by molar-refractivity contribution is -0.139. The number of carbonyl (C=O) groups is 1. The van der Waals surface area contributed by atoms with Crippen molar-refractivity contribution in [3.63, 3.8) is 0 Å². The molecule has 18 heavy (non-hydrogen) atoms. The van der Waals surface area contributed by atoms with E-state index in [1.54, 1.807) is 0 Å². The van der Waals surface area contributed by atoms with E-state index in [4.69, 9.17) is 10.5 Å². The van der Waals surface area contributed by atoms with Crippen LogP contribution in [0.5, 0.6) is 0 Å². The highest BCUT2D eigenvalue weighted by atomic mass is 16.5. The maximum atomic E-state index is 12.0. The fourth-order valence-corrected chi connectivity index (χ4v) is 3.47. The van der Waals surface area contributed by atoms with Crippen molar-refractivity contribution in [1.29, 1.82) is 0 Å². The van der Waals surface area contributed by atoms with Crippen LogP contribution >= 0.6 is 0 Å². The first-order chi connectivity index (χ1) is 8.75. The SMILES string of the molecule is NC1C2CCCOC2C1NC(=O)CC1C=CCC1. The lowest BCUT2D eigenvalue weighted by atomic mass is 9.68. The highest BCUT2D eigenvalue weighted by Crippen LogP contribution is 2.37. The van der Waals surface area contributed by atoms with Crippen LogP contribution in [0.4, 0.5) is 0 Å². The van der Waals surface area contributed by atoms with Crippen molar-refractivity contribution >= 4 is 5.91 Å². The Balaban J connectivity index is 1.50. The van der Waals surface area contributed by atoms with Gasteiger partial charge in [0, 0.05) is 25.0 Å². The molecular formula is C14H22N2O2. The van der Waals surface area contributed by atoms with Gasteiger partial charge in [0.2, 0.25) is 5.91 Å². The summed E-state index contributed by atoms with van der Waals surface area (Å²) in [6.45, 7) is 0.811. The van der Waals surface area contributed by atoms with Gasteiger partial charge >= 0.3 is 0 Å². The maximum absolute atomic E-state index is 12.0. The van der Waals surface area contributed by atoms with E-state index in [1.807, 2.05) is 0 Å². The lowest BCUT2D eigenvalue weighted by Crippen LogP contribution is -2.72. The van der Waals surface area contributed by atoms with Crippen LogP contribution < -0.4 is 11.1 Å². The van der Waals surface area contributed by atoms with Crippen molar-refractivity contribution < 1.29 is 9.53 Å². The van der Waals surface area contributed by atoms with Gasteiger partial charge in [-0.05, 0) is 31.6 Å². The number of carbonyl (C=O) groups excluding carboxylic acids is 1. The van der Waals surface area contributed by atoms with Crippen LogP contribution in [0.3, 0.4) is 0 Å². The van der Waals surface area contributed by atoms with Crippen LogP contribution in [-0.2, 0) is 9.53 Å². The predicted octanol–water partition coefficient (Wildman–Crippen LogP) is 0.964. The molecule has 1 aliphatic heterocycles. The van der Waals surface area contributed by atoms with Gasteiger partial charge in [-0.15, -0.1) is 0 Å². The molecule has 3 rings (SSSR count). The molecule has 3 N–H and O–H groups in total. The van der Waals surface area contributed by atoms with E-state index in [-0.39, 0.29) is 24.1 Å². The van der Waals surface area contributed by atoms with Crippen molar-refractivity contribution in [1.82, 2.24) is 5.32 Å². The molecular weight excluding hydrogens is 228 g/mol. The maximum Gasteiger partial charge on any atom is 0.220 e. The monoisotopic (exact) mass is 250 g/mol. The molecule has 1 saturated carbocycles. The summed E-state index contributed by atoms with van der Waals surface area (Å²) in [4.78, 5) is 12.0. The molecule has 0 radical (unpaired) electrons. The van der Waals surface area contributed by atoms with E-state index in [1.165, 1.54) is 0 Å². The van der Waals surface area contributed by atoms with Crippen molar-refractivity contribution in [2.75, 3.05) is 6.61 Å². The molecule has 0 aromatic rings. The predicted molar refractivity (Wildman–Crippen MR) is 68.9 cm³/mol. The number of fused-ring (bicyclic) bond motifs is 1. The van der Waals surface area contributed by atoms with Gasteiger partial charge in [-0.3, -0.25) is 4.79 Å². The highest BCUT2D eigenvalue weighted by Gasteiger charge is 2.51. The first-order valence-corrected chi connectivity index (χ1v) is 7.09. The minimum atomic E-state index is 0.0354. The fraction of sp³-hybridized carbons (Fsp3) is 0.786. The zero-order valence-electron chi connectivity index (χ0n) is 10.7. The standard InChI is InChI=1S/C14H22N2O2/c15-12-10-6-3-7-18-14(10)13(12)16-11(17)8-9-4-1-2-5-9/h1,4,9-10,12-14H,2-3,5-8,15H2,(H,16,17). The lowest BCUT2D eigenvalue weighted by Gasteiger charge is -2.52. The molecule has 4 heteroatoms. The van der Waals surface area contributed by atoms with Crippen molar-refractivity contribution in [2.45, 2.75) is 50.3 Å². The molecule has 1 saturated heterocycles. The molecule has 2 aliphatic carbocycles. The second-order valence-corrected chi connectivity index (χ2v) is 5.78. The van der Waals surface area contributed by atoms with Crippen LogP contribution in [0, 0.1) is 11.8 Å². The first kappa shape index (κ1) is 12.2. The molecule has 5 unspecified atom stereocenters. The highest BCUT2D eigenvalue weighted by molar-refractivity contribution is 5.77. The van der Waals surface area contributed by atoms with Gasteiger partial charge in [0.25, 0.3) is 0 Å². The summed E-state index contributed by atoms with van der Waals surface area (Å²) in [6, 6.07) is 0.117. The molecule has 0 aromatic carbocycles. The van der Waals surface area contributed by atoms with Gasteiger partial charge in [-0.1, -0.05) is 12.2 Å². The fourth-order valence-electron chi connectivity index (χ4n) is 3.47. The number of rotatable bonds is 3. The molecule has 2 fully saturated rings. The number of nitrogens with two attached hydrogens (primary N) is 1. The summed E-state index contributed by atoms with van der Waals surface area (Å²) in [7, 11) is 0. The van der Waals surface area contributed by atoms with Gasteiger partial charge in [-0.2, -0.15) is 0 Å². The normalized spacial score (nSPS) is 42.2. The van der Waals surface area contributed by atoms with Crippen LogP contribution in [0.25, 0.3) is 0 Å². The van der Waals surface area contributed by atoms with Gasteiger partial charge in [0.15, 0.2) is 0 Å². The molecule has 5 atom stereocenters. The van der Waals surface area contributed by atoms with Crippen LogP contribution in [-0.4, -0.2) is 30.7 Å². The summed E-state index contributed by atoms with van der Waals surface area (Å²) in [5, 5.41) is 3.07. The Bertz CT molecular complexity index is 356. The summed E-state index contributed by atoms with van der Waals surface area (Å²) in [5.41, 5.74) is 6.13. The number of nitrogens with one attached hydrogen (secondary N) is 1. The van der Waals surface area contributed by atoms with Crippen LogP contribution in [0.1, 0.15) is 32.1 Å². The molecule has 1 heterocycles. The second-order valence-electron chi connectivity index (χ2n) is 5.78. The second kappa shape index (κ2) is 5.02. The van der Waals surface area contributed by atoms with Crippen molar-refractivity contribution in [3.8, 4) is 0 Å². The molecule has 3 aliphatic rings. The van der Waals surface area contributed by atoms with Crippen molar-refractivity contribution in [2.24, 2.45) is 17.6 Å². The van der Waals surface area contributed by atoms with E-state index in [0.29, 0.717) is 18.3 Å². The Labute approximate surface area is 108 Å². The Kier molecular flexibility index (Phi) is 3.39. The van der Waals surface area contributed by atoms with E-state index >= 15 is 0 Å². The topological polar surface area (TPSA) is 64.3 Å². The Hall–Kier alpha value is -0.870. The number of hydrogen-bond donors (Lipinski definition) is 2. The average Bonchev–Trinajstić information content (AvgIpc) is 2.88. The zero-order valence-corrected chi connectivity index (χ0v) is 10.7. The van der Waals surface area contributed by atoms with E-state index in [9.17, 15) is 4.79 Å². The van der Waals surface area contributed by atoms with Gasteiger partial charge in [0.05, 0.1) is 12.1 Å². The Morgan fingerprint density at radius 2 is 2.33 bits per heavy atom. The summed E-state index contributed by atoms with van der Waals surface area (Å²) >= 11 is 0. The number of amides is 1. The Morgan fingerprint density at radius 1 is 1.44 bits per heavy atom. The molecule has 1 amide bonds. The molecule has 0 bridgehead atoms. The first-order valence-electron chi connectivity index (χ1n) is 7.09. The number of ether oxygens (including phenoxy) is 1.